The van der Waals surface area contributed by atoms with Crippen LogP contribution in [0.4, 0.5) is 0 Å². The highest BCUT2D eigenvalue weighted by atomic mass is 31.1. The van der Waals surface area contributed by atoms with Crippen molar-refractivity contribution in [3.63, 3.8) is 0 Å². The molecule has 1 aromatic carbocycles. The molecule has 22 heavy (non-hydrogen) atoms. The molecule has 2 fully saturated rings. The lowest BCUT2D eigenvalue weighted by Gasteiger charge is -2.40. The molecule has 2 aliphatic rings. The molecule has 1 heteroatoms. The van der Waals surface area contributed by atoms with Crippen LogP contribution in [0.15, 0.2) is 24.3 Å². The smallest absolute Gasteiger partial charge is 0.0166 e. The first kappa shape index (κ1) is 16.5. The minimum Gasteiger partial charge on any atom is -0.0686 e. The Balaban J connectivity index is 1.93. The Bertz CT molecular complexity index is 435. The van der Waals surface area contributed by atoms with Crippen molar-refractivity contribution < 1.29 is 0 Å². The zero-order valence-electron chi connectivity index (χ0n) is 14.6. The van der Waals surface area contributed by atoms with Crippen molar-refractivity contribution in [2.75, 3.05) is 0 Å². The van der Waals surface area contributed by atoms with Gasteiger partial charge in [-0.15, -0.1) is 0 Å². The molecule has 0 amide bonds. The Morgan fingerprint density at radius 1 is 0.773 bits per heavy atom. The Morgan fingerprint density at radius 2 is 1.27 bits per heavy atom. The summed E-state index contributed by atoms with van der Waals surface area (Å²) in [4.78, 5) is 0. The summed E-state index contributed by atoms with van der Waals surface area (Å²) in [6.07, 6.45) is 14.9. The van der Waals surface area contributed by atoms with Crippen molar-refractivity contribution in [3.05, 3.63) is 29.8 Å². The topological polar surface area (TPSA) is 0 Å². The van der Waals surface area contributed by atoms with Crippen LogP contribution in [0.3, 0.4) is 0 Å². The summed E-state index contributed by atoms with van der Waals surface area (Å²) in [5, 5.41) is 1.78. The maximum atomic E-state index is 2.50. The molecule has 0 spiro atoms. The monoisotopic (exact) mass is 316 g/mol. The van der Waals surface area contributed by atoms with Crippen LogP contribution in [-0.2, 0) is 0 Å². The fourth-order valence-corrected chi connectivity index (χ4v) is 8.74. The van der Waals surface area contributed by atoms with Crippen molar-refractivity contribution >= 4 is 13.2 Å². The lowest BCUT2D eigenvalue weighted by Crippen LogP contribution is -2.28. The van der Waals surface area contributed by atoms with Gasteiger partial charge in [-0.05, 0) is 53.8 Å². The summed E-state index contributed by atoms with van der Waals surface area (Å²) >= 11 is 0. The Labute approximate surface area is 138 Å². The van der Waals surface area contributed by atoms with E-state index in [1.54, 1.807) is 10.9 Å². The van der Waals surface area contributed by atoms with Crippen LogP contribution in [0, 0.1) is 0 Å². The maximum absolute atomic E-state index is 2.50. The van der Waals surface area contributed by atoms with E-state index in [0.717, 1.165) is 11.3 Å². The highest BCUT2D eigenvalue weighted by molar-refractivity contribution is 7.67. The van der Waals surface area contributed by atoms with Gasteiger partial charge >= 0.3 is 0 Å². The minimum absolute atomic E-state index is 0.0547. The zero-order valence-corrected chi connectivity index (χ0v) is 15.5. The molecule has 0 atom stereocenters. The molecule has 0 N–H and O–H groups in total. The Morgan fingerprint density at radius 3 is 1.77 bits per heavy atom. The predicted molar refractivity (Wildman–Crippen MR) is 101 cm³/mol. The molecule has 0 aliphatic heterocycles. The lowest BCUT2D eigenvalue weighted by molar-refractivity contribution is 0.487. The first-order valence-corrected chi connectivity index (χ1v) is 11.1. The molecule has 122 valence electrons. The molecule has 3 rings (SSSR count). The third kappa shape index (κ3) is 3.76. The second kappa shape index (κ2) is 7.96. The van der Waals surface area contributed by atoms with E-state index in [-0.39, 0.29) is 7.92 Å². The fourth-order valence-electron chi connectivity index (χ4n) is 4.62. The van der Waals surface area contributed by atoms with Crippen molar-refractivity contribution in [1.82, 2.24) is 0 Å². The van der Waals surface area contributed by atoms with Crippen LogP contribution in [0.5, 0.6) is 0 Å². The summed E-state index contributed by atoms with van der Waals surface area (Å²) < 4.78 is 0. The third-order valence-corrected chi connectivity index (χ3v) is 9.34. The van der Waals surface area contributed by atoms with Crippen molar-refractivity contribution in [3.8, 4) is 0 Å². The molecular formula is C21H33P. The molecule has 0 saturated heterocycles. The number of benzene rings is 1. The van der Waals surface area contributed by atoms with E-state index in [9.17, 15) is 0 Å². The van der Waals surface area contributed by atoms with Gasteiger partial charge in [-0.1, -0.05) is 84.6 Å². The van der Waals surface area contributed by atoms with Crippen molar-refractivity contribution in [2.24, 2.45) is 0 Å². The molecule has 0 nitrogen and oxygen atoms in total. The van der Waals surface area contributed by atoms with Crippen LogP contribution in [-0.4, -0.2) is 11.3 Å². The number of hydrogen-bond donors (Lipinski definition) is 0. The first-order chi connectivity index (χ1) is 10.8. The van der Waals surface area contributed by atoms with Gasteiger partial charge in [0, 0.05) is 0 Å². The van der Waals surface area contributed by atoms with E-state index in [4.69, 9.17) is 0 Å². The lowest BCUT2D eigenvalue weighted by atomic mass is 9.99. The van der Waals surface area contributed by atoms with Crippen LogP contribution >= 0.6 is 7.92 Å². The van der Waals surface area contributed by atoms with Gasteiger partial charge in [-0.25, -0.2) is 0 Å². The van der Waals surface area contributed by atoms with E-state index in [0.29, 0.717) is 5.92 Å². The number of hydrogen-bond acceptors (Lipinski definition) is 0. The summed E-state index contributed by atoms with van der Waals surface area (Å²) in [6.45, 7) is 4.77. The molecule has 2 aliphatic carbocycles. The first-order valence-electron chi connectivity index (χ1n) is 9.64. The quantitative estimate of drug-likeness (QED) is 0.550. The van der Waals surface area contributed by atoms with Crippen LogP contribution in [0.25, 0.3) is 0 Å². The molecule has 0 aromatic heterocycles. The summed E-state index contributed by atoms with van der Waals surface area (Å²) in [6, 6.07) is 9.49. The average molecular weight is 316 g/mol. The van der Waals surface area contributed by atoms with Crippen molar-refractivity contribution in [2.45, 2.75) is 95.3 Å². The molecule has 0 heterocycles. The minimum atomic E-state index is 0.0547. The fraction of sp³-hybridized carbons (Fsp3) is 0.714. The molecule has 1 aromatic rings. The Kier molecular flexibility index (Phi) is 5.97. The van der Waals surface area contributed by atoms with Gasteiger partial charge < -0.3 is 0 Å². The van der Waals surface area contributed by atoms with E-state index in [1.807, 2.05) is 0 Å². The van der Waals surface area contributed by atoms with Crippen LogP contribution in [0.2, 0.25) is 0 Å². The second-order valence-corrected chi connectivity index (χ2v) is 10.5. The van der Waals surface area contributed by atoms with Gasteiger partial charge in [0.2, 0.25) is 0 Å². The van der Waals surface area contributed by atoms with E-state index >= 15 is 0 Å². The number of rotatable bonds is 4. The summed E-state index contributed by atoms with van der Waals surface area (Å²) in [7, 11) is 0.0547. The highest BCUT2D eigenvalue weighted by Gasteiger charge is 2.33. The average Bonchev–Trinajstić information content (AvgIpc) is 2.57. The predicted octanol–water partition coefficient (Wildman–Crippen LogP) is 6.58. The van der Waals surface area contributed by atoms with Crippen LogP contribution < -0.4 is 5.30 Å². The standard InChI is InChI=1S/C21H33P/c1-17(2)20-15-9-10-16-21(20)22(18-11-5-3-6-12-18)19-13-7-4-8-14-19/h9-10,15-19H,3-8,11-14H2,1-2H3. The maximum Gasteiger partial charge on any atom is -0.0166 e. The second-order valence-electron chi connectivity index (χ2n) is 7.70. The molecule has 0 bridgehead atoms. The van der Waals surface area contributed by atoms with Gasteiger partial charge in [-0.3, -0.25) is 0 Å². The SMILES string of the molecule is CC(C)c1ccccc1P(C1CCCCC1)C1CCCCC1. The van der Waals surface area contributed by atoms with E-state index < -0.39 is 0 Å². The van der Waals surface area contributed by atoms with E-state index in [2.05, 4.69) is 38.1 Å². The van der Waals surface area contributed by atoms with Crippen molar-refractivity contribution in [1.29, 1.82) is 0 Å². The van der Waals surface area contributed by atoms with Gasteiger partial charge in [0.1, 0.15) is 0 Å². The van der Waals surface area contributed by atoms with E-state index in [1.165, 1.54) is 64.2 Å². The Hall–Kier alpha value is -0.350. The molecular weight excluding hydrogens is 283 g/mol. The summed E-state index contributed by atoms with van der Waals surface area (Å²) in [5.74, 6) is 0.674. The highest BCUT2D eigenvalue weighted by Crippen LogP contribution is 2.55. The van der Waals surface area contributed by atoms with Gasteiger partial charge in [0.25, 0.3) is 0 Å². The third-order valence-electron chi connectivity index (χ3n) is 5.77. The van der Waals surface area contributed by atoms with Gasteiger partial charge in [0.05, 0.1) is 0 Å². The molecule has 2 saturated carbocycles. The van der Waals surface area contributed by atoms with Crippen LogP contribution in [0.1, 0.15) is 89.5 Å². The normalized spacial score (nSPS) is 21.6. The molecule has 0 unspecified atom stereocenters. The summed E-state index contributed by atoms with van der Waals surface area (Å²) in [5.41, 5.74) is 3.70. The largest absolute Gasteiger partial charge is 0.0686 e. The zero-order chi connectivity index (χ0) is 15.4. The van der Waals surface area contributed by atoms with Gasteiger partial charge in [0.15, 0.2) is 0 Å². The van der Waals surface area contributed by atoms with Gasteiger partial charge in [-0.2, -0.15) is 0 Å². The molecule has 0 radical (unpaired) electrons.